The lowest BCUT2D eigenvalue weighted by Crippen LogP contribution is -2.52. The van der Waals surface area contributed by atoms with Crippen molar-refractivity contribution in [2.45, 2.75) is 64.5 Å². The molecule has 14 nitrogen and oxygen atoms in total. The first-order chi connectivity index (χ1) is 29.9. The van der Waals surface area contributed by atoms with Gasteiger partial charge in [-0.3, -0.25) is 4.90 Å². The van der Waals surface area contributed by atoms with Gasteiger partial charge < -0.3 is 51.9 Å². The van der Waals surface area contributed by atoms with Gasteiger partial charge in [0.25, 0.3) is 0 Å². The van der Waals surface area contributed by atoms with Crippen molar-refractivity contribution in [3.05, 3.63) is 69.8 Å². The van der Waals surface area contributed by atoms with Crippen molar-refractivity contribution >= 4 is 23.5 Å². The largest absolute Gasteiger partial charge is 0.493 e. The maximum Gasteiger partial charge on any atom is 0.350 e. The summed E-state index contributed by atoms with van der Waals surface area (Å²) in [6, 6.07) is 12.0. The van der Waals surface area contributed by atoms with E-state index in [0.717, 1.165) is 61.5 Å². The molecule has 0 spiro atoms. The van der Waals surface area contributed by atoms with Crippen molar-refractivity contribution in [1.29, 1.82) is 0 Å². The first kappa shape index (κ1) is 49.6. The second-order valence-corrected chi connectivity index (χ2v) is 15.8. The average Bonchev–Trinajstić information content (AvgIpc) is 3.28. The van der Waals surface area contributed by atoms with Gasteiger partial charge in [0.05, 0.1) is 90.2 Å². The summed E-state index contributed by atoms with van der Waals surface area (Å²) in [6.07, 6.45) is 6.82. The average molecular weight is 887 g/mol. The minimum absolute atomic E-state index is 0.00628. The predicted molar refractivity (Wildman–Crippen MR) is 238 cm³/mol. The minimum atomic E-state index is -0.784. The molecule has 0 N–H and O–H groups in total. The molecular formula is C47H66ClN2O12+. The molecule has 1 aliphatic rings. The molecule has 342 valence electrons. The number of hydrogen-bond donors (Lipinski definition) is 0. The van der Waals surface area contributed by atoms with E-state index in [4.69, 9.17) is 59.0 Å². The number of unbranched alkanes of at least 4 members (excludes halogenated alkanes) is 2. The summed E-state index contributed by atoms with van der Waals surface area (Å²) in [5.74, 6) is 3.26. The van der Waals surface area contributed by atoms with Gasteiger partial charge in [0.1, 0.15) is 11.1 Å². The number of quaternary nitrogens is 1. The Labute approximate surface area is 372 Å². The Morgan fingerprint density at radius 2 is 1.21 bits per heavy atom. The van der Waals surface area contributed by atoms with Crippen LogP contribution in [0, 0.1) is 0 Å². The van der Waals surface area contributed by atoms with Crippen LogP contribution in [0.2, 0.25) is 0 Å². The third kappa shape index (κ3) is 13.0. The number of nitrogens with zero attached hydrogens (tertiary/aromatic N) is 2. The van der Waals surface area contributed by atoms with Crippen LogP contribution in [0.3, 0.4) is 0 Å². The Morgan fingerprint density at radius 3 is 1.76 bits per heavy atom. The fraction of sp³-hybridized carbons (Fsp3) is 0.532. The number of carbonyl (C=O) groups excluding carboxylic acids is 2. The molecule has 0 amide bonds. The first-order valence-corrected chi connectivity index (χ1v) is 21.4. The van der Waals surface area contributed by atoms with Crippen molar-refractivity contribution in [3.8, 4) is 46.0 Å². The van der Waals surface area contributed by atoms with Crippen LogP contribution in [0.5, 0.6) is 46.0 Å². The molecule has 0 saturated heterocycles. The van der Waals surface area contributed by atoms with Gasteiger partial charge >= 0.3 is 11.9 Å². The van der Waals surface area contributed by atoms with Gasteiger partial charge in [-0.25, -0.2) is 9.59 Å². The molecule has 0 fully saturated rings. The van der Waals surface area contributed by atoms with Crippen molar-refractivity contribution in [2.24, 2.45) is 0 Å². The summed E-state index contributed by atoms with van der Waals surface area (Å²) in [5.41, 5.74) is 4.35. The summed E-state index contributed by atoms with van der Waals surface area (Å²) in [5, 5.41) is -0.341. The highest BCUT2D eigenvalue weighted by Gasteiger charge is 2.40. The molecular weight excluding hydrogens is 820 g/mol. The topological polar surface area (TPSA) is 130 Å². The number of carbonyl (C=O) groups is 2. The Hall–Kier alpha value is -5.05. The molecule has 3 aromatic carbocycles. The number of esters is 2. The molecule has 1 aliphatic heterocycles. The van der Waals surface area contributed by atoms with E-state index in [-0.39, 0.29) is 24.3 Å². The van der Waals surface area contributed by atoms with Gasteiger partial charge in [-0.15, -0.1) is 0 Å². The normalized spacial score (nSPS) is 15.9. The number of methoxy groups -OCH3 is 8. The number of hydrogen-bond acceptors (Lipinski definition) is 13. The third-order valence-electron chi connectivity index (χ3n) is 11.4. The fourth-order valence-electron chi connectivity index (χ4n) is 8.07. The van der Waals surface area contributed by atoms with Crippen LogP contribution >= 0.6 is 11.6 Å². The van der Waals surface area contributed by atoms with E-state index in [1.54, 1.807) is 56.9 Å². The highest BCUT2D eigenvalue weighted by atomic mass is 35.5. The summed E-state index contributed by atoms with van der Waals surface area (Å²) in [4.78, 5) is 27.9. The molecule has 0 saturated carbocycles. The SMILES string of the molecule is CCCCCN(CCCOC(=O)/C=C(\Cl)C(=O)OCCC[N@+]1(C)CCc2cc(OC)c(OC)cc2[C@H]1Cc1cc(OC)c(OC)c(OC)c1)Cc1cc(OC)c(OC)c(OC)c1. The molecule has 0 radical (unpaired) electrons. The van der Waals surface area contributed by atoms with E-state index in [9.17, 15) is 9.59 Å². The number of halogens is 1. The van der Waals surface area contributed by atoms with Crippen molar-refractivity contribution in [3.63, 3.8) is 0 Å². The van der Waals surface area contributed by atoms with Crippen molar-refractivity contribution < 1.29 is 61.4 Å². The molecule has 2 atom stereocenters. The van der Waals surface area contributed by atoms with E-state index < -0.39 is 11.9 Å². The van der Waals surface area contributed by atoms with Crippen LogP contribution in [0.1, 0.15) is 67.3 Å². The van der Waals surface area contributed by atoms with Crippen molar-refractivity contribution in [1.82, 2.24) is 4.90 Å². The number of ether oxygens (including phenoxy) is 10. The number of benzene rings is 3. The first-order valence-electron chi connectivity index (χ1n) is 21.0. The smallest absolute Gasteiger partial charge is 0.350 e. The quantitative estimate of drug-likeness (QED) is 0.0338. The second-order valence-electron chi connectivity index (χ2n) is 15.4. The van der Waals surface area contributed by atoms with Crippen molar-refractivity contribution in [2.75, 3.05) is 103 Å². The molecule has 15 heteroatoms. The standard InChI is InChI=1S/C47H66ClN2O12/c1-11-12-13-17-49(31-33-26-42(57-7)46(60-10)43(27-33)58-8)18-14-21-61-44(51)30-36(48)47(52)62-22-15-19-50(2)20-16-34-28-38(53-3)39(54-4)29-35(34)37(50)23-32-24-40(55-5)45(59-9)41(25-32)56-6/h24-30,37H,11-23,31H2,1-10H3/q+1/b36-30-/t37-,50-/m1/s1. The fourth-order valence-corrected chi connectivity index (χ4v) is 8.21. The van der Waals surface area contributed by atoms with Gasteiger partial charge in [-0.05, 0) is 72.5 Å². The zero-order chi connectivity index (χ0) is 45.2. The van der Waals surface area contributed by atoms with Gasteiger partial charge in [-0.2, -0.15) is 0 Å². The van der Waals surface area contributed by atoms with Gasteiger partial charge in [0.15, 0.2) is 34.5 Å². The predicted octanol–water partition coefficient (Wildman–Crippen LogP) is 7.72. The van der Waals surface area contributed by atoms with E-state index in [2.05, 4.69) is 31.0 Å². The molecule has 0 unspecified atom stereocenters. The number of fused-ring (bicyclic) bond motifs is 1. The lowest BCUT2D eigenvalue weighted by atomic mass is 9.86. The van der Waals surface area contributed by atoms with E-state index in [1.807, 2.05) is 24.3 Å². The Kier molecular flexibility index (Phi) is 19.6. The second kappa shape index (κ2) is 24.6. The molecule has 62 heavy (non-hydrogen) atoms. The zero-order valence-electron chi connectivity index (χ0n) is 38.2. The van der Waals surface area contributed by atoms with Crippen LogP contribution in [0.4, 0.5) is 0 Å². The lowest BCUT2D eigenvalue weighted by Gasteiger charge is -2.46. The van der Waals surface area contributed by atoms with Crippen LogP contribution in [0.15, 0.2) is 47.5 Å². The molecule has 0 bridgehead atoms. The maximum atomic E-state index is 12.9. The van der Waals surface area contributed by atoms with Gasteiger partial charge in [-0.1, -0.05) is 31.4 Å². The third-order valence-corrected chi connectivity index (χ3v) is 11.6. The summed E-state index contributed by atoms with van der Waals surface area (Å²) >= 11 is 6.26. The zero-order valence-corrected chi connectivity index (χ0v) is 38.9. The van der Waals surface area contributed by atoms with Gasteiger partial charge in [0, 0.05) is 44.0 Å². The summed E-state index contributed by atoms with van der Waals surface area (Å²) in [6.45, 7) is 6.16. The Balaban J connectivity index is 1.35. The lowest BCUT2D eigenvalue weighted by molar-refractivity contribution is -0.941. The highest BCUT2D eigenvalue weighted by Crippen LogP contribution is 2.45. The van der Waals surface area contributed by atoms with Crippen LogP contribution in [-0.4, -0.2) is 125 Å². The Morgan fingerprint density at radius 1 is 0.677 bits per heavy atom. The maximum absolute atomic E-state index is 12.9. The van der Waals surface area contributed by atoms with E-state index in [0.29, 0.717) is 89.4 Å². The molecule has 3 aromatic rings. The highest BCUT2D eigenvalue weighted by molar-refractivity contribution is 6.42. The van der Waals surface area contributed by atoms with Crippen LogP contribution in [0.25, 0.3) is 0 Å². The molecule has 4 rings (SSSR count). The van der Waals surface area contributed by atoms with Gasteiger partial charge in [0.2, 0.25) is 11.5 Å². The molecule has 1 heterocycles. The molecule has 0 aliphatic carbocycles. The number of rotatable bonds is 26. The number of likely N-dealkylation sites (N-methyl/N-ethyl adjacent to an activating group) is 1. The monoisotopic (exact) mass is 885 g/mol. The minimum Gasteiger partial charge on any atom is -0.493 e. The van der Waals surface area contributed by atoms with Crippen LogP contribution in [-0.2, 0) is 38.4 Å². The summed E-state index contributed by atoms with van der Waals surface area (Å²) in [7, 11) is 15.0. The summed E-state index contributed by atoms with van der Waals surface area (Å²) < 4.78 is 56.5. The Bertz CT molecular complexity index is 1920. The van der Waals surface area contributed by atoms with E-state index in [1.165, 1.54) is 5.56 Å². The molecule has 0 aromatic heterocycles. The van der Waals surface area contributed by atoms with Crippen LogP contribution < -0.4 is 37.9 Å². The van der Waals surface area contributed by atoms with E-state index >= 15 is 0 Å².